The van der Waals surface area contributed by atoms with Gasteiger partial charge in [-0.05, 0) is 92.7 Å². The molecule has 1 saturated heterocycles. The molecular weight excluding hydrogens is 778 g/mol. The van der Waals surface area contributed by atoms with Crippen molar-refractivity contribution in [3.63, 3.8) is 0 Å². The lowest BCUT2D eigenvalue weighted by molar-refractivity contribution is -0.137. The number of carbonyl (C=O) groups excluding carboxylic acids is 2. The van der Waals surface area contributed by atoms with Crippen molar-refractivity contribution in [2.24, 2.45) is 5.11 Å². The third kappa shape index (κ3) is 10.1. The van der Waals surface area contributed by atoms with Crippen molar-refractivity contribution in [1.82, 2.24) is 14.2 Å². The van der Waals surface area contributed by atoms with Gasteiger partial charge in [-0.3, -0.25) is 9.78 Å². The minimum absolute atomic E-state index is 0.0156. The molecule has 0 saturated carbocycles. The zero-order valence-electron chi connectivity index (χ0n) is 30.5. The molecule has 56 heavy (non-hydrogen) atoms. The van der Waals surface area contributed by atoms with Crippen LogP contribution in [0.15, 0.2) is 101 Å². The minimum atomic E-state index is -4.78. The molecule has 2 amide bonds. The number of ether oxygens (including phenoxy) is 1. The summed E-state index contributed by atoms with van der Waals surface area (Å²) in [6, 6.07) is 15.7. The number of hydrogen-bond acceptors (Lipinski definition) is 7. The maximum absolute atomic E-state index is 15.7. The number of azide groups is 1. The van der Waals surface area contributed by atoms with Crippen molar-refractivity contribution in [3.05, 3.63) is 135 Å². The highest BCUT2D eigenvalue weighted by Crippen LogP contribution is 2.36. The molecule has 1 aromatic heterocycles. The molecular formula is C38H38ClF4N7O5S. The predicted octanol–water partition coefficient (Wildman–Crippen LogP) is 8.59. The van der Waals surface area contributed by atoms with Gasteiger partial charge >= 0.3 is 12.3 Å². The largest absolute Gasteiger partial charge is 0.444 e. The van der Waals surface area contributed by atoms with Crippen LogP contribution in [0.4, 0.5) is 28.0 Å². The molecule has 12 nitrogen and oxygen atoms in total. The van der Waals surface area contributed by atoms with Gasteiger partial charge in [-0.25, -0.2) is 17.6 Å². The molecule has 1 aliphatic heterocycles. The van der Waals surface area contributed by atoms with E-state index < -0.39 is 63.2 Å². The first-order valence-corrected chi connectivity index (χ1v) is 19.2. The van der Waals surface area contributed by atoms with Crippen LogP contribution in [0.2, 0.25) is 5.02 Å². The predicted molar refractivity (Wildman–Crippen MR) is 201 cm³/mol. The lowest BCUT2D eigenvalue weighted by Crippen LogP contribution is -2.57. The van der Waals surface area contributed by atoms with E-state index in [4.69, 9.17) is 16.3 Å². The van der Waals surface area contributed by atoms with E-state index >= 15 is 4.39 Å². The Balaban J connectivity index is 1.47. The van der Waals surface area contributed by atoms with Gasteiger partial charge in [-0.2, -0.15) is 17.5 Å². The Bertz CT molecular complexity index is 2200. The zero-order chi connectivity index (χ0) is 40.8. The fraction of sp³-hybridized carbons (Fsp3) is 0.342. The number of nitrogens with zero attached hydrogens (tertiary/aromatic N) is 6. The van der Waals surface area contributed by atoms with E-state index in [-0.39, 0.29) is 59.7 Å². The smallest absolute Gasteiger partial charge is 0.417 e. The maximum Gasteiger partial charge on any atom is 0.417 e. The number of sulfonamides is 1. The first kappa shape index (κ1) is 41.9. The van der Waals surface area contributed by atoms with Gasteiger partial charge in [0.25, 0.3) is 0 Å². The third-order valence-corrected chi connectivity index (χ3v) is 11.2. The van der Waals surface area contributed by atoms with Gasteiger partial charge in [0.15, 0.2) is 0 Å². The van der Waals surface area contributed by atoms with E-state index in [2.05, 4.69) is 20.3 Å². The SMILES string of the molecule is CC(C)(C)OC(=O)N1CCN(S(=O)(=O)c2ccccc2)[C@@H](CCc2c(F)cccc2NC(=O)[C@@H](N=[N+]=[N-])[C@@H](c2ccc(Cl)cc2)c2cncc(C(F)(F)F)c2)C1. The number of nitrogens with one attached hydrogen (secondary N) is 1. The maximum atomic E-state index is 15.7. The van der Waals surface area contributed by atoms with Crippen LogP contribution in [-0.4, -0.2) is 71.9 Å². The van der Waals surface area contributed by atoms with Crippen LogP contribution in [0, 0.1) is 5.82 Å². The van der Waals surface area contributed by atoms with Gasteiger partial charge in [0.1, 0.15) is 17.5 Å². The molecule has 2 heterocycles. The van der Waals surface area contributed by atoms with Crippen LogP contribution >= 0.6 is 11.6 Å². The molecule has 3 aromatic carbocycles. The summed E-state index contributed by atoms with van der Waals surface area (Å²) in [6.45, 7) is 4.99. The van der Waals surface area contributed by atoms with Gasteiger partial charge < -0.3 is 15.0 Å². The number of rotatable bonds is 11. The molecule has 1 N–H and O–H groups in total. The van der Waals surface area contributed by atoms with Crippen molar-refractivity contribution in [2.75, 3.05) is 25.0 Å². The fourth-order valence-corrected chi connectivity index (χ4v) is 8.18. The van der Waals surface area contributed by atoms with Crippen molar-refractivity contribution < 1.29 is 40.3 Å². The summed E-state index contributed by atoms with van der Waals surface area (Å²) in [4.78, 5) is 35.1. The Morgan fingerprint density at radius 3 is 2.36 bits per heavy atom. The second kappa shape index (κ2) is 17.3. The number of piperazine rings is 1. The highest BCUT2D eigenvalue weighted by molar-refractivity contribution is 7.89. The van der Waals surface area contributed by atoms with Gasteiger partial charge in [-0.15, -0.1) is 0 Å². The second-order valence-electron chi connectivity index (χ2n) is 14.0. The molecule has 0 spiro atoms. The number of benzene rings is 3. The Kier molecular flexibility index (Phi) is 12.9. The molecule has 18 heteroatoms. The third-order valence-electron chi connectivity index (χ3n) is 8.97. The van der Waals surface area contributed by atoms with E-state index in [0.29, 0.717) is 11.2 Å². The number of carbonyl (C=O) groups is 2. The number of aromatic nitrogens is 1. The molecule has 5 rings (SSSR count). The lowest BCUT2D eigenvalue weighted by atomic mass is 9.85. The van der Waals surface area contributed by atoms with Gasteiger partial charge in [0, 0.05) is 65.2 Å². The fourth-order valence-electron chi connectivity index (χ4n) is 6.39. The van der Waals surface area contributed by atoms with Gasteiger partial charge in [-0.1, -0.05) is 53.1 Å². The van der Waals surface area contributed by atoms with Crippen molar-refractivity contribution >= 4 is 39.3 Å². The summed E-state index contributed by atoms with van der Waals surface area (Å²) in [7, 11) is -4.07. The standard InChI is InChI=1S/C38H38ClF4N7O5S/c1-37(2,3)55-36(52)49-18-19-50(56(53,54)29-8-5-4-6-9-29)28(23-49)16-17-30-31(40)10-7-11-32(30)46-35(51)34(47-48-44)33(24-12-14-27(39)15-13-24)25-20-26(22-45-21-25)38(41,42)43/h4-15,20-22,28,33-34H,16-19,23H2,1-3H3,(H,46,51)/t28-,33-,34-/m0/s1. The van der Waals surface area contributed by atoms with E-state index in [1.807, 2.05) is 0 Å². The highest BCUT2D eigenvalue weighted by Gasteiger charge is 2.39. The highest BCUT2D eigenvalue weighted by atomic mass is 35.5. The summed E-state index contributed by atoms with van der Waals surface area (Å²) >= 11 is 6.07. The first-order chi connectivity index (χ1) is 26.4. The number of anilines is 1. The van der Waals surface area contributed by atoms with Crippen LogP contribution in [0.1, 0.15) is 55.4 Å². The van der Waals surface area contributed by atoms with Crippen LogP contribution in [0.5, 0.6) is 0 Å². The molecule has 296 valence electrons. The van der Waals surface area contributed by atoms with Crippen LogP contribution in [-0.2, 0) is 32.2 Å². The number of amides is 2. The van der Waals surface area contributed by atoms with Crippen molar-refractivity contribution in [1.29, 1.82) is 0 Å². The molecule has 0 radical (unpaired) electrons. The summed E-state index contributed by atoms with van der Waals surface area (Å²) in [5.41, 5.74) is 7.73. The molecule has 1 fully saturated rings. The number of halogens is 5. The lowest BCUT2D eigenvalue weighted by Gasteiger charge is -2.41. The van der Waals surface area contributed by atoms with E-state index in [1.54, 1.807) is 39.0 Å². The van der Waals surface area contributed by atoms with Crippen LogP contribution in [0.3, 0.4) is 0 Å². The summed E-state index contributed by atoms with van der Waals surface area (Å²) in [5, 5.41) is 6.57. The molecule has 1 aliphatic rings. The molecule has 0 bridgehead atoms. The van der Waals surface area contributed by atoms with E-state index in [1.165, 1.54) is 57.7 Å². The normalized spacial score (nSPS) is 16.4. The average molecular weight is 816 g/mol. The molecule has 4 aromatic rings. The monoisotopic (exact) mass is 815 g/mol. The van der Waals surface area contributed by atoms with Gasteiger partial charge in [0.05, 0.1) is 10.5 Å². The Morgan fingerprint density at radius 1 is 1.02 bits per heavy atom. The summed E-state index contributed by atoms with van der Waals surface area (Å²) < 4.78 is 91.5. The van der Waals surface area contributed by atoms with E-state index in [9.17, 15) is 36.7 Å². The quantitative estimate of drug-likeness (QED) is 0.0692. The zero-order valence-corrected chi connectivity index (χ0v) is 32.0. The molecule has 3 atom stereocenters. The Hall–Kier alpha value is -5.22. The second-order valence-corrected chi connectivity index (χ2v) is 16.3. The molecule has 0 aliphatic carbocycles. The van der Waals surface area contributed by atoms with Crippen LogP contribution < -0.4 is 5.32 Å². The van der Waals surface area contributed by atoms with Crippen LogP contribution in [0.25, 0.3) is 10.4 Å². The summed E-state index contributed by atoms with van der Waals surface area (Å²) in [5.74, 6) is -3.03. The number of alkyl halides is 3. The molecule has 0 unspecified atom stereocenters. The summed E-state index contributed by atoms with van der Waals surface area (Å²) in [6.07, 6.45) is -3.84. The number of hydrogen-bond donors (Lipinski definition) is 1. The Labute approximate surface area is 326 Å². The van der Waals surface area contributed by atoms with Crippen molar-refractivity contribution in [3.8, 4) is 0 Å². The van der Waals surface area contributed by atoms with Crippen molar-refractivity contribution in [2.45, 2.75) is 68.3 Å². The van der Waals surface area contributed by atoms with Gasteiger partial charge in [0.2, 0.25) is 15.9 Å². The number of pyridine rings is 1. The van der Waals surface area contributed by atoms with E-state index in [0.717, 1.165) is 18.3 Å². The topological polar surface area (TPSA) is 158 Å². The minimum Gasteiger partial charge on any atom is -0.444 e. The average Bonchev–Trinajstić information content (AvgIpc) is 3.14. The first-order valence-electron chi connectivity index (χ1n) is 17.3. The Morgan fingerprint density at radius 2 is 1.71 bits per heavy atom.